The van der Waals surface area contributed by atoms with E-state index in [4.69, 9.17) is 21.1 Å². The summed E-state index contributed by atoms with van der Waals surface area (Å²) in [5.74, 6) is -1.41. The molecule has 8 nitrogen and oxygen atoms in total. The molecule has 0 unspecified atom stereocenters. The third kappa shape index (κ3) is 5.32. The molecule has 2 aliphatic rings. The molecular formula is C25H27ClFN3O5. The van der Waals surface area contributed by atoms with E-state index in [1.54, 1.807) is 29.2 Å². The lowest BCUT2D eigenvalue weighted by Gasteiger charge is -2.44. The highest BCUT2D eigenvalue weighted by atomic mass is 35.5. The zero-order chi connectivity index (χ0) is 25.0. The number of piperidine rings is 1. The highest BCUT2D eigenvalue weighted by Gasteiger charge is 2.54. The summed E-state index contributed by atoms with van der Waals surface area (Å²) >= 11 is 6.04. The average Bonchev–Trinajstić information content (AvgIpc) is 3.22. The second-order valence-corrected chi connectivity index (χ2v) is 8.98. The van der Waals surface area contributed by atoms with Gasteiger partial charge in [0.1, 0.15) is 17.6 Å². The second-order valence-electron chi connectivity index (χ2n) is 8.54. The van der Waals surface area contributed by atoms with Gasteiger partial charge in [-0.2, -0.15) is 0 Å². The number of benzene rings is 2. The minimum absolute atomic E-state index is 0.0218. The Kier molecular flexibility index (Phi) is 7.69. The maximum absolute atomic E-state index is 13.6. The van der Waals surface area contributed by atoms with Crippen molar-refractivity contribution >= 4 is 29.3 Å². The van der Waals surface area contributed by atoms with Crippen molar-refractivity contribution in [2.24, 2.45) is 0 Å². The predicted molar refractivity (Wildman–Crippen MR) is 127 cm³/mol. The molecule has 186 valence electrons. The summed E-state index contributed by atoms with van der Waals surface area (Å²) in [6.45, 7) is 1.30. The van der Waals surface area contributed by atoms with E-state index in [9.17, 15) is 18.8 Å². The molecule has 2 saturated heterocycles. The van der Waals surface area contributed by atoms with Crippen LogP contribution in [0.5, 0.6) is 0 Å². The van der Waals surface area contributed by atoms with Crippen LogP contribution < -0.4 is 5.32 Å². The molecule has 0 saturated carbocycles. The third-order valence-corrected chi connectivity index (χ3v) is 6.62. The first-order valence-corrected chi connectivity index (χ1v) is 11.8. The van der Waals surface area contributed by atoms with Crippen LogP contribution in [0, 0.1) is 5.82 Å². The van der Waals surface area contributed by atoms with Crippen LogP contribution in [0.2, 0.25) is 5.02 Å². The molecule has 1 N–H and O–H groups in total. The molecule has 2 aliphatic heterocycles. The molecule has 0 bridgehead atoms. The Morgan fingerprint density at radius 1 is 1.11 bits per heavy atom. The van der Waals surface area contributed by atoms with Gasteiger partial charge >= 0.3 is 0 Å². The first kappa shape index (κ1) is 25.1. The first-order valence-electron chi connectivity index (χ1n) is 11.4. The van der Waals surface area contributed by atoms with E-state index in [1.807, 2.05) is 0 Å². The molecule has 1 atom stereocenters. The predicted octanol–water partition coefficient (Wildman–Crippen LogP) is 2.72. The number of hydrogen-bond donors (Lipinski definition) is 1. The molecular weight excluding hydrogens is 477 g/mol. The van der Waals surface area contributed by atoms with Gasteiger partial charge in [-0.05, 0) is 42.5 Å². The fraction of sp³-hybridized carbons (Fsp3) is 0.400. The average molecular weight is 504 g/mol. The first-order chi connectivity index (χ1) is 16.8. The number of likely N-dealkylation sites (tertiary alicyclic amines) is 1. The largest absolute Gasteiger partial charge is 0.383 e. The zero-order valence-corrected chi connectivity index (χ0v) is 20.1. The maximum Gasteiger partial charge on any atom is 0.256 e. The highest BCUT2D eigenvalue weighted by molar-refractivity contribution is 6.30. The van der Waals surface area contributed by atoms with Gasteiger partial charge in [-0.1, -0.05) is 17.7 Å². The highest BCUT2D eigenvalue weighted by Crippen LogP contribution is 2.39. The number of amides is 3. The van der Waals surface area contributed by atoms with Crippen LogP contribution in [0.25, 0.3) is 0 Å². The molecule has 2 heterocycles. The van der Waals surface area contributed by atoms with Crippen LogP contribution in [-0.2, 0) is 14.3 Å². The molecule has 2 aromatic rings. The molecule has 3 amide bonds. The summed E-state index contributed by atoms with van der Waals surface area (Å²) in [5, 5.41) is 3.25. The fourth-order valence-corrected chi connectivity index (χ4v) is 4.75. The summed E-state index contributed by atoms with van der Waals surface area (Å²) in [6.07, 6.45) is 0.655. The third-order valence-electron chi connectivity index (χ3n) is 6.38. The zero-order valence-electron chi connectivity index (χ0n) is 19.3. The summed E-state index contributed by atoms with van der Waals surface area (Å²) in [4.78, 5) is 42.7. The molecule has 4 rings (SSSR count). The van der Waals surface area contributed by atoms with Crippen LogP contribution in [0.15, 0.2) is 48.5 Å². The molecule has 0 aromatic heterocycles. The van der Waals surface area contributed by atoms with Crippen molar-refractivity contribution in [3.8, 4) is 0 Å². The van der Waals surface area contributed by atoms with Crippen molar-refractivity contribution in [1.82, 2.24) is 15.1 Å². The van der Waals surface area contributed by atoms with Crippen molar-refractivity contribution < 1.29 is 28.2 Å². The monoisotopic (exact) mass is 503 g/mol. The minimum Gasteiger partial charge on any atom is -0.383 e. The van der Waals surface area contributed by atoms with Crippen LogP contribution in [-0.4, -0.2) is 79.2 Å². The van der Waals surface area contributed by atoms with Crippen molar-refractivity contribution in [1.29, 1.82) is 0 Å². The Hall–Kier alpha value is -3.01. The fourth-order valence-electron chi connectivity index (χ4n) is 4.56. The lowest BCUT2D eigenvalue weighted by Crippen LogP contribution is -2.60. The number of hydrogen-bond acceptors (Lipinski definition) is 5. The molecule has 10 heteroatoms. The SMILES string of the molecule is COCCNC(=O)[C@H]1COC2(CCN(C(=O)c3cccc(Cl)c3)CC2)N1C(=O)c1ccc(F)cc1. The van der Waals surface area contributed by atoms with E-state index in [-0.39, 0.29) is 24.0 Å². The van der Waals surface area contributed by atoms with Crippen LogP contribution in [0.1, 0.15) is 33.6 Å². The van der Waals surface area contributed by atoms with Crippen LogP contribution in [0.3, 0.4) is 0 Å². The minimum atomic E-state index is -1.06. The molecule has 1 spiro atoms. The summed E-state index contributed by atoms with van der Waals surface area (Å²) < 4.78 is 24.6. The molecule has 35 heavy (non-hydrogen) atoms. The Labute approximate surface area is 207 Å². The Balaban J connectivity index is 1.55. The van der Waals surface area contributed by atoms with E-state index < -0.39 is 23.5 Å². The number of carbonyl (C=O) groups excluding carboxylic acids is 3. The Morgan fingerprint density at radius 2 is 1.83 bits per heavy atom. The van der Waals surface area contributed by atoms with Crippen molar-refractivity contribution in [3.05, 3.63) is 70.5 Å². The number of methoxy groups -OCH3 is 1. The summed E-state index contributed by atoms with van der Waals surface area (Å²) in [5.41, 5.74) is -0.321. The molecule has 0 radical (unpaired) electrons. The maximum atomic E-state index is 13.6. The van der Waals surface area contributed by atoms with Crippen molar-refractivity contribution in [3.63, 3.8) is 0 Å². The van der Waals surface area contributed by atoms with Gasteiger partial charge in [0.15, 0.2) is 0 Å². The lowest BCUT2D eigenvalue weighted by molar-refractivity contribution is -0.128. The number of carbonyl (C=O) groups is 3. The van der Waals surface area contributed by atoms with E-state index in [2.05, 4.69) is 5.32 Å². The number of rotatable bonds is 6. The molecule has 2 aromatic carbocycles. The van der Waals surface area contributed by atoms with Crippen molar-refractivity contribution in [2.45, 2.75) is 24.6 Å². The van der Waals surface area contributed by atoms with Gasteiger partial charge in [0.25, 0.3) is 11.8 Å². The van der Waals surface area contributed by atoms with E-state index in [0.717, 1.165) is 0 Å². The van der Waals surface area contributed by atoms with Gasteiger partial charge in [-0.25, -0.2) is 4.39 Å². The second kappa shape index (κ2) is 10.7. The van der Waals surface area contributed by atoms with Gasteiger partial charge in [0.05, 0.1) is 13.2 Å². The van der Waals surface area contributed by atoms with E-state index in [0.29, 0.717) is 49.7 Å². The van der Waals surface area contributed by atoms with E-state index >= 15 is 0 Å². The quantitative estimate of drug-likeness (QED) is 0.612. The summed E-state index contributed by atoms with van der Waals surface area (Å²) in [6, 6.07) is 11.1. The van der Waals surface area contributed by atoms with Gasteiger partial charge in [-0.15, -0.1) is 0 Å². The number of nitrogens with one attached hydrogen (secondary N) is 1. The normalized spacial score (nSPS) is 19.1. The van der Waals surface area contributed by atoms with Crippen molar-refractivity contribution in [2.75, 3.05) is 40.0 Å². The van der Waals surface area contributed by atoms with Gasteiger partial charge in [0.2, 0.25) is 5.91 Å². The topological polar surface area (TPSA) is 88.2 Å². The molecule has 0 aliphatic carbocycles. The van der Waals surface area contributed by atoms with E-state index in [1.165, 1.54) is 36.3 Å². The van der Waals surface area contributed by atoms with Gasteiger partial charge in [0, 0.05) is 55.7 Å². The Morgan fingerprint density at radius 3 is 2.49 bits per heavy atom. The number of nitrogens with zero attached hydrogens (tertiary/aromatic N) is 2. The smallest absolute Gasteiger partial charge is 0.256 e. The lowest BCUT2D eigenvalue weighted by atomic mass is 9.96. The van der Waals surface area contributed by atoms with Gasteiger partial charge in [-0.3, -0.25) is 19.3 Å². The number of halogens is 2. The van der Waals surface area contributed by atoms with Crippen LogP contribution in [0.4, 0.5) is 4.39 Å². The molecule has 2 fully saturated rings. The Bertz CT molecular complexity index is 1090. The number of ether oxygens (including phenoxy) is 2. The summed E-state index contributed by atoms with van der Waals surface area (Å²) in [7, 11) is 1.53. The van der Waals surface area contributed by atoms with Crippen LogP contribution >= 0.6 is 11.6 Å². The van der Waals surface area contributed by atoms with Gasteiger partial charge < -0.3 is 19.7 Å². The standard InChI is InChI=1S/C25H27ClFN3O5/c1-34-14-11-28-22(31)21-16-35-25(30(21)24(33)17-5-7-20(27)8-6-17)9-12-29(13-10-25)23(32)18-3-2-4-19(26)15-18/h2-8,15,21H,9-14,16H2,1H3,(H,28,31)/t21-/m1/s1.